The van der Waals surface area contributed by atoms with Gasteiger partial charge in [0.05, 0.1) is 0 Å². The van der Waals surface area contributed by atoms with Crippen LogP contribution in [0.25, 0.3) is 17.2 Å². The largest absolute Gasteiger partial charge is 0.378 e. The Bertz CT molecular complexity index is 1490. The minimum atomic E-state index is -0.193. The second kappa shape index (κ2) is 9.22. The molecule has 2 N–H and O–H groups in total. The Morgan fingerprint density at radius 2 is 1.77 bits per heavy atom. The summed E-state index contributed by atoms with van der Waals surface area (Å²) in [7, 11) is 3.95. The van der Waals surface area contributed by atoms with Gasteiger partial charge in [-0.1, -0.05) is 6.07 Å². The molecule has 174 valence electrons. The second-order valence-electron chi connectivity index (χ2n) is 8.27. The highest BCUT2D eigenvalue weighted by Gasteiger charge is 2.13. The van der Waals surface area contributed by atoms with E-state index in [1.54, 1.807) is 29.0 Å². The summed E-state index contributed by atoms with van der Waals surface area (Å²) in [5.74, 6) is 1.50. The van der Waals surface area contributed by atoms with Crippen LogP contribution in [0.2, 0.25) is 0 Å². The maximum Gasteiger partial charge on any atom is 0.255 e. The normalized spacial score (nSPS) is 10.8. The van der Waals surface area contributed by atoms with Crippen LogP contribution in [-0.2, 0) is 0 Å². The summed E-state index contributed by atoms with van der Waals surface area (Å²) in [4.78, 5) is 28.1. The number of fused-ring (bicyclic) bond motifs is 1. The van der Waals surface area contributed by atoms with Gasteiger partial charge in [-0.3, -0.25) is 9.78 Å². The molecule has 35 heavy (non-hydrogen) atoms. The predicted molar refractivity (Wildman–Crippen MR) is 137 cm³/mol. The van der Waals surface area contributed by atoms with Crippen LogP contribution >= 0.6 is 0 Å². The average molecular weight is 465 g/mol. The molecule has 0 radical (unpaired) electrons. The number of aryl methyl sites for hydroxylation is 1. The van der Waals surface area contributed by atoms with Gasteiger partial charge in [0.25, 0.3) is 11.7 Å². The minimum Gasteiger partial charge on any atom is -0.378 e. The molecule has 0 spiro atoms. The molecule has 5 aromatic rings. The molecule has 3 aromatic heterocycles. The molecule has 9 nitrogen and oxygen atoms in total. The molecule has 0 aliphatic heterocycles. The van der Waals surface area contributed by atoms with Crippen molar-refractivity contribution in [3.63, 3.8) is 0 Å². The lowest BCUT2D eigenvalue weighted by molar-refractivity contribution is 0.102. The van der Waals surface area contributed by atoms with Crippen LogP contribution in [0.4, 0.5) is 22.9 Å². The predicted octanol–water partition coefficient (Wildman–Crippen LogP) is 4.56. The first-order chi connectivity index (χ1) is 17.0. The molecular formula is C26H24N8O. The Balaban J connectivity index is 1.39. The summed E-state index contributed by atoms with van der Waals surface area (Å²) < 4.78 is 1.65. The zero-order chi connectivity index (χ0) is 24.4. The second-order valence-corrected chi connectivity index (χ2v) is 8.27. The molecule has 0 aliphatic carbocycles. The lowest BCUT2D eigenvalue weighted by atomic mass is 10.1. The van der Waals surface area contributed by atoms with E-state index in [9.17, 15) is 4.79 Å². The number of anilines is 4. The first-order valence-electron chi connectivity index (χ1n) is 11.1. The van der Waals surface area contributed by atoms with Crippen molar-refractivity contribution in [3.05, 3.63) is 90.4 Å². The van der Waals surface area contributed by atoms with E-state index in [2.05, 4.69) is 30.7 Å². The standard InChI is InChI=1S/C26H24N8O/c1-17-14-23(34-26(28-17)31-24(32-34)19-7-5-13-27-16-19)29-21-8-4-6-18(15-21)25(35)30-20-9-11-22(12-10-20)33(2)3/h4-16,29H,1-3H3,(H,30,35). The number of carbonyl (C=O) groups excluding carboxylic acids is 1. The number of aromatic nitrogens is 5. The van der Waals surface area contributed by atoms with Crippen LogP contribution in [0.3, 0.4) is 0 Å². The fourth-order valence-electron chi connectivity index (χ4n) is 3.63. The highest BCUT2D eigenvalue weighted by atomic mass is 16.1. The summed E-state index contributed by atoms with van der Waals surface area (Å²) in [5, 5.41) is 10.9. The molecule has 0 fully saturated rings. The Kier molecular flexibility index (Phi) is 5.80. The molecule has 0 unspecified atom stereocenters. The van der Waals surface area contributed by atoms with Crippen molar-refractivity contribution in [2.24, 2.45) is 0 Å². The fraction of sp³-hybridized carbons (Fsp3) is 0.115. The van der Waals surface area contributed by atoms with Gasteiger partial charge in [-0.25, -0.2) is 4.98 Å². The van der Waals surface area contributed by atoms with Crippen LogP contribution in [-0.4, -0.2) is 44.6 Å². The first kappa shape index (κ1) is 22.0. The van der Waals surface area contributed by atoms with E-state index in [0.717, 1.165) is 28.3 Å². The Morgan fingerprint density at radius 1 is 0.943 bits per heavy atom. The number of amides is 1. The van der Waals surface area contributed by atoms with Gasteiger partial charge in [0.2, 0.25) is 0 Å². The van der Waals surface area contributed by atoms with E-state index in [-0.39, 0.29) is 5.91 Å². The summed E-state index contributed by atoms with van der Waals surface area (Å²) in [5.41, 5.74) is 4.66. The van der Waals surface area contributed by atoms with Crippen molar-refractivity contribution in [2.45, 2.75) is 6.92 Å². The number of pyridine rings is 1. The molecule has 3 heterocycles. The van der Waals surface area contributed by atoms with E-state index in [1.807, 2.05) is 80.5 Å². The van der Waals surface area contributed by atoms with Crippen molar-refractivity contribution in [2.75, 3.05) is 29.6 Å². The van der Waals surface area contributed by atoms with Gasteiger partial charge < -0.3 is 15.5 Å². The van der Waals surface area contributed by atoms with E-state index in [0.29, 0.717) is 23.0 Å². The topological polar surface area (TPSA) is 100 Å². The van der Waals surface area contributed by atoms with Crippen molar-refractivity contribution in [1.82, 2.24) is 24.6 Å². The zero-order valence-corrected chi connectivity index (χ0v) is 19.6. The quantitative estimate of drug-likeness (QED) is 0.380. The molecule has 5 rings (SSSR count). The van der Waals surface area contributed by atoms with Gasteiger partial charge in [-0.15, -0.1) is 5.10 Å². The third-order valence-corrected chi connectivity index (χ3v) is 5.40. The molecular weight excluding hydrogens is 440 g/mol. The van der Waals surface area contributed by atoms with E-state index in [1.165, 1.54) is 0 Å². The monoisotopic (exact) mass is 464 g/mol. The summed E-state index contributed by atoms with van der Waals surface area (Å²) >= 11 is 0. The Morgan fingerprint density at radius 3 is 2.51 bits per heavy atom. The zero-order valence-electron chi connectivity index (χ0n) is 19.6. The van der Waals surface area contributed by atoms with Gasteiger partial charge in [-0.05, 0) is 61.5 Å². The minimum absolute atomic E-state index is 0.193. The third kappa shape index (κ3) is 4.79. The lowest BCUT2D eigenvalue weighted by Crippen LogP contribution is -2.13. The van der Waals surface area contributed by atoms with Gasteiger partial charge in [0, 0.05) is 66.4 Å². The van der Waals surface area contributed by atoms with Crippen molar-refractivity contribution in [1.29, 1.82) is 0 Å². The molecule has 0 atom stereocenters. The number of carbonyl (C=O) groups is 1. The van der Waals surface area contributed by atoms with Gasteiger partial charge >= 0.3 is 0 Å². The van der Waals surface area contributed by atoms with Gasteiger partial charge in [-0.2, -0.15) is 9.50 Å². The molecule has 0 bridgehead atoms. The molecule has 2 aromatic carbocycles. The number of rotatable bonds is 6. The van der Waals surface area contributed by atoms with Crippen LogP contribution in [0.1, 0.15) is 16.1 Å². The van der Waals surface area contributed by atoms with E-state index in [4.69, 9.17) is 0 Å². The van der Waals surface area contributed by atoms with Crippen LogP contribution < -0.4 is 15.5 Å². The Labute approximate surface area is 202 Å². The van der Waals surface area contributed by atoms with Gasteiger partial charge in [0.1, 0.15) is 5.82 Å². The molecule has 0 aliphatic rings. The van der Waals surface area contributed by atoms with Crippen LogP contribution in [0.15, 0.2) is 79.1 Å². The van der Waals surface area contributed by atoms with Crippen LogP contribution in [0.5, 0.6) is 0 Å². The van der Waals surface area contributed by atoms with Crippen LogP contribution in [0, 0.1) is 6.92 Å². The summed E-state index contributed by atoms with van der Waals surface area (Å²) in [6, 6.07) is 20.6. The van der Waals surface area contributed by atoms with E-state index < -0.39 is 0 Å². The number of nitrogens with zero attached hydrogens (tertiary/aromatic N) is 6. The number of hydrogen-bond acceptors (Lipinski definition) is 7. The molecule has 0 saturated heterocycles. The SMILES string of the molecule is Cc1cc(Nc2cccc(C(=O)Nc3ccc(N(C)C)cc3)c2)n2nc(-c3cccnc3)nc2n1. The fourth-order valence-corrected chi connectivity index (χ4v) is 3.63. The highest BCUT2D eigenvalue weighted by molar-refractivity contribution is 6.05. The summed E-state index contributed by atoms with van der Waals surface area (Å²) in [6.07, 6.45) is 3.42. The molecule has 0 saturated carbocycles. The van der Waals surface area contributed by atoms with Gasteiger partial charge in [0.15, 0.2) is 5.82 Å². The maximum atomic E-state index is 12.9. The number of hydrogen-bond donors (Lipinski definition) is 2. The third-order valence-electron chi connectivity index (χ3n) is 5.40. The van der Waals surface area contributed by atoms with E-state index >= 15 is 0 Å². The molecule has 9 heteroatoms. The Hall–Kier alpha value is -4.79. The van der Waals surface area contributed by atoms with Crippen molar-refractivity contribution in [3.8, 4) is 11.4 Å². The first-order valence-corrected chi connectivity index (χ1v) is 11.1. The lowest BCUT2D eigenvalue weighted by Gasteiger charge is -2.13. The number of nitrogens with one attached hydrogen (secondary N) is 2. The van der Waals surface area contributed by atoms with Crippen molar-refractivity contribution < 1.29 is 4.79 Å². The molecule has 1 amide bonds. The average Bonchev–Trinajstić information content (AvgIpc) is 3.29. The van der Waals surface area contributed by atoms with Crippen molar-refractivity contribution >= 4 is 34.6 Å². The smallest absolute Gasteiger partial charge is 0.255 e. The number of benzene rings is 2. The highest BCUT2D eigenvalue weighted by Crippen LogP contribution is 2.22. The maximum absolute atomic E-state index is 12.9. The summed E-state index contributed by atoms with van der Waals surface area (Å²) in [6.45, 7) is 1.90.